The number of carbonyl (C=O) groups is 1. The molecule has 0 saturated carbocycles. The summed E-state index contributed by atoms with van der Waals surface area (Å²) in [5, 5.41) is 0. The normalized spacial score (nSPS) is 12.4. The van der Waals surface area contributed by atoms with Crippen LogP contribution in [-0.2, 0) is 22.6 Å². The first kappa shape index (κ1) is 25.5. The maximum Gasteiger partial charge on any atom is 0.410 e. The number of rotatable bonds is 6. The van der Waals surface area contributed by atoms with Crippen molar-refractivity contribution >= 4 is 17.5 Å². The second-order valence-corrected chi connectivity index (χ2v) is 10.7. The molecule has 0 aliphatic carbocycles. The highest BCUT2D eigenvalue weighted by atomic mass is 32.2. The molecule has 0 fully saturated rings. The molecule has 0 aliphatic rings. The van der Waals surface area contributed by atoms with Crippen LogP contribution in [0.2, 0.25) is 0 Å². The number of aromatic nitrogens is 1. The zero-order chi connectivity index (χ0) is 26.0. The van der Waals surface area contributed by atoms with Crippen molar-refractivity contribution in [1.82, 2.24) is 8.87 Å². The van der Waals surface area contributed by atoms with E-state index in [-0.39, 0.29) is 17.8 Å². The predicted octanol–water partition coefficient (Wildman–Crippen LogP) is 6.63. The molecule has 1 atom stereocenters. The van der Waals surface area contributed by atoms with Gasteiger partial charge in [0.05, 0.1) is 25.3 Å². The lowest BCUT2D eigenvalue weighted by molar-refractivity contribution is 0.0285. The van der Waals surface area contributed by atoms with Gasteiger partial charge in [0.15, 0.2) is 4.90 Å². The molecule has 1 amide bonds. The number of carbonyl (C=O) groups excluding carboxylic acids is 1. The topological polar surface area (TPSA) is 70.7 Å². The summed E-state index contributed by atoms with van der Waals surface area (Å²) in [6.07, 6.45) is 4.20. The van der Waals surface area contributed by atoms with E-state index >= 15 is 0 Å². The third-order valence-electron chi connectivity index (χ3n) is 5.24. The standard InChI is InChI=1S/C27H26F2N2O4S/c1-27(2,3)35-26(32)30(4)15-18-12-25(23-9-8-21(28)14-24(23)29)31(16-18)36(33)22-7-5-6-19(13-22)20-10-11-34-17-20/h5-14,16-17H,15H2,1-4H3. The van der Waals surface area contributed by atoms with Gasteiger partial charge in [-0.25, -0.2) is 13.6 Å². The van der Waals surface area contributed by atoms with E-state index in [1.807, 2.05) is 6.07 Å². The first-order chi connectivity index (χ1) is 17.0. The maximum atomic E-state index is 14.8. The molecule has 2 aromatic heterocycles. The van der Waals surface area contributed by atoms with Crippen LogP contribution >= 0.6 is 0 Å². The molecule has 6 nitrogen and oxygen atoms in total. The Hall–Kier alpha value is -3.56. The van der Waals surface area contributed by atoms with Crippen molar-refractivity contribution in [1.29, 1.82) is 0 Å². The molecule has 4 aromatic rings. The van der Waals surface area contributed by atoms with Crippen molar-refractivity contribution in [3.05, 3.63) is 90.5 Å². The molecular weight excluding hydrogens is 486 g/mol. The first-order valence-corrected chi connectivity index (χ1v) is 12.3. The summed E-state index contributed by atoms with van der Waals surface area (Å²) in [4.78, 5) is 14.3. The average Bonchev–Trinajstić information content (AvgIpc) is 3.48. The summed E-state index contributed by atoms with van der Waals surface area (Å²) in [7, 11) is 1.58. The highest BCUT2D eigenvalue weighted by Gasteiger charge is 2.25. The molecule has 0 aliphatic heterocycles. The van der Waals surface area contributed by atoms with Gasteiger partial charge in [-0.05, 0) is 62.2 Å². The minimum absolute atomic E-state index is 0.0851. The van der Waals surface area contributed by atoms with E-state index in [1.165, 1.54) is 14.9 Å². The largest absolute Gasteiger partial charge is 0.587 e. The first-order valence-electron chi connectivity index (χ1n) is 11.2. The van der Waals surface area contributed by atoms with Crippen molar-refractivity contribution in [3.8, 4) is 22.4 Å². The van der Waals surface area contributed by atoms with Gasteiger partial charge in [-0.3, -0.25) is 0 Å². The molecule has 9 heteroatoms. The van der Waals surface area contributed by atoms with Crippen LogP contribution in [0.15, 0.2) is 82.6 Å². The smallest absolute Gasteiger partial charge is 0.410 e. The fourth-order valence-corrected chi connectivity index (χ4v) is 4.83. The Kier molecular flexibility index (Phi) is 7.23. The molecular formula is C27H26F2N2O4S. The van der Waals surface area contributed by atoms with Crippen molar-refractivity contribution in [3.63, 3.8) is 0 Å². The minimum Gasteiger partial charge on any atom is -0.587 e. The Labute approximate surface area is 211 Å². The van der Waals surface area contributed by atoms with E-state index in [4.69, 9.17) is 9.15 Å². The lowest BCUT2D eigenvalue weighted by Gasteiger charge is -2.24. The molecule has 2 aromatic carbocycles. The summed E-state index contributed by atoms with van der Waals surface area (Å²) < 4.78 is 54.0. The van der Waals surface area contributed by atoms with Crippen LogP contribution in [0, 0.1) is 11.6 Å². The van der Waals surface area contributed by atoms with Crippen LogP contribution in [-0.4, -0.2) is 32.2 Å². The lowest BCUT2D eigenvalue weighted by Crippen LogP contribution is -2.33. The number of nitrogens with zero attached hydrogens (tertiary/aromatic N) is 2. The second-order valence-electron chi connectivity index (χ2n) is 9.31. The molecule has 0 radical (unpaired) electrons. The van der Waals surface area contributed by atoms with Gasteiger partial charge in [0, 0.05) is 30.3 Å². The zero-order valence-corrected chi connectivity index (χ0v) is 21.1. The van der Waals surface area contributed by atoms with Crippen LogP contribution in [0.25, 0.3) is 22.4 Å². The van der Waals surface area contributed by atoms with Crippen LogP contribution in [0.5, 0.6) is 0 Å². The fourth-order valence-electron chi connectivity index (χ4n) is 3.62. The number of amides is 1. The maximum absolute atomic E-state index is 14.8. The third kappa shape index (κ3) is 5.80. The van der Waals surface area contributed by atoms with Crippen LogP contribution in [0.1, 0.15) is 26.3 Å². The number of benzene rings is 2. The molecule has 0 bridgehead atoms. The number of hydrogen-bond donors (Lipinski definition) is 0. The number of ether oxygens (including phenoxy) is 1. The predicted molar refractivity (Wildman–Crippen MR) is 133 cm³/mol. The molecule has 4 rings (SSSR count). The summed E-state index contributed by atoms with van der Waals surface area (Å²) in [5.74, 6) is -1.50. The van der Waals surface area contributed by atoms with Crippen molar-refractivity contribution < 1.29 is 27.3 Å². The van der Waals surface area contributed by atoms with E-state index in [1.54, 1.807) is 76.9 Å². The van der Waals surface area contributed by atoms with Gasteiger partial charge < -0.3 is 18.6 Å². The summed E-state index contributed by atoms with van der Waals surface area (Å²) in [5.41, 5.74) is 1.93. The van der Waals surface area contributed by atoms with E-state index in [0.29, 0.717) is 10.5 Å². The summed E-state index contributed by atoms with van der Waals surface area (Å²) in [6, 6.07) is 13.8. The Morgan fingerprint density at radius 2 is 1.89 bits per heavy atom. The second kappa shape index (κ2) is 10.2. The van der Waals surface area contributed by atoms with Crippen molar-refractivity contribution in [2.75, 3.05) is 7.05 Å². The Balaban J connectivity index is 1.72. The van der Waals surface area contributed by atoms with E-state index in [0.717, 1.165) is 23.3 Å². The number of furan rings is 1. The van der Waals surface area contributed by atoms with Crippen molar-refractivity contribution in [2.24, 2.45) is 0 Å². The Bertz CT molecular complexity index is 1360. The summed E-state index contributed by atoms with van der Waals surface area (Å²) in [6.45, 7) is 5.44. The highest BCUT2D eigenvalue weighted by molar-refractivity contribution is 7.90. The minimum atomic E-state index is -1.77. The highest BCUT2D eigenvalue weighted by Crippen LogP contribution is 2.31. The van der Waals surface area contributed by atoms with Gasteiger partial charge in [0.2, 0.25) is 0 Å². The molecule has 0 N–H and O–H groups in total. The van der Waals surface area contributed by atoms with E-state index in [9.17, 15) is 18.1 Å². The summed E-state index contributed by atoms with van der Waals surface area (Å²) >= 11 is -1.77. The third-order valence-corrected chi connectivity index (χ3v) is 6.56. The van der Waals surface area contributed by atoms with Gasteiger partial charge in [-0.15, -0.1) is 0 Å². The zero-order valence-electron chi connectivity index (χ0n) is 20.3. The van der Waals surface area contributed by atoms with Gasteiger partial charge >= 0.3 is 6.09 Å². The number of halogens is 2. The van der Waals surface area contributed by atoms with Crippen LogP contribution in [0.3, 0.4) is 0 Å². The molecule has 188 valence electrons. The van der Waals surface area contributed by atoms with E-state index < -0.39 is 34.7 Å². The fraction of sp³-hybridized carbons (Fsp3) is 0.222. The molecule has 36 heavy (non-hydrogen) atoms. The molecule has 0 spiro atoms. The number of hydrogen-bond acceptors (Lipinski definition) is 4. The molecule has 1 unspecified atom stereocenters. The van der Waals surface area contributed by atoms with Crippen molar-refractivity contribution in [2.45, 2.75) is 37.8 Å². The quantitative estimate of drug-likeness (QED) is 0.272. The van der Waals surface area contributed by atoms with Crippen LogP contribution < -0.4 is 0 Å². The monoisotopic (exact) mass is 512 g/mol. The lowest BCUT2D eigenvalue weighted by atomic mass is 10.1. The Morgan fingerprint density at radius 3 is 2.56 bits per heavy atom. The SMILES string of the molecule is CN(Cc1cc(-c2ccc(F)cc2F)n([S+]([O-])c2cccc(-c3ccoc3)c2)c1)C(=O)OC(C)(C)C. The molecule has 2 heterocycles. The van der Waals surface area contributed by atoms with Gasteiger partial charge in [0.1, 0.15) is 34.3 Å². The van der Waals surface area contributed by atoms with Gasteiger partial charge in [0.25, 0.3) is 0 Å². The Morgan fingerprint density at radius 1 is 1.11 bits per heavy atom. The van der Waals surface area contributed by atoms with E-state index in [2.05, 4.69) is 0 Å². The van der Waals surface area contributed by atoms with Gasteiger partial charge in [-0.2, -0.15) is 3.97 Å². The average molecular weight is 513 g/mol. The van der Waals surface area contributed by atoms with Crippen LogP contribution in [0.4, 0.5) is 13.6 Å². The molecule has 0 saturated heterocycles. The van der Waals surface area contributed by atoms with Gasteiger partial charge in [-0.1, -0.05) is 12.1 Å².